The van der Waals surface area contributed by atoms with Gasteiger partial charge in [-0.1, -0.05) is 78.9 Å². The monoisotopic (exact) mass is 814 g/mol. The number of phenols is 1. The van der Waals surface area contributed by atoms with Crippen LogP contribution in [0.4, 0.5) is 0 Å². The number of rotatable bonds is 4. The Balaban J connectivity index is 0.00000325. The smallest absolute Gasteiger partial charge is 0.518 e. The Morgan fingerprint density at radius 3 is 2.22 bits per heavy atom. The Morgan fingerprint density at radius 1 is 0.694 bits per heavy atom. The molecule has 0 fully saturated rings. The molecule has 8 aromatic rings. The number of imidazole rings is 2. The Labute approximate surface area is 296 Å². The van der Waals surface area contributed by atoms with E-state index in [-0.39, 0.29) is 33.5 Å². The van der Waals surface area contributed by atoms with Crippen LogP contribution in [0.25, 0.3) is 39.5 Å². The molecule has 0 atom stereocenters. The van der Waals surface area contributed by atoms with Gasteiger partial charge in [0.25, 0.3) is 13.0 Å². The van der Waals surface area contributed by atoms with Gasteiger partial charge in [-0.05, 0) is 54.2 Å². The van der Waals surface area contributed by atoms with E-state index in [0.717, 1.165) is 50.4 Å². The largest absolute Gasteiger partial charge is 2.00 e. The Kier molecular flexibility index (Phi) is 6.81. The van der Waals surface area contributed by atoms with Crippen molar-refractivity contribution in [3.8, 4) is 57.3 Å². The average molecular weight is 815 g/mol. The van der Waals surface area contributed by atoms with Gasteiger partial charge >= 0.3 is 21.1 Å². The van der Waals surface area contributed by atoms with Gasteiger partial charge in [-0.3, -0.25) is 9.13 Å². The van der Waals surface area contributed by atoms with Crippen molar-refractivity contribution in [2.45, 2.75) is 0 Å². The van der Waals surface area contributed by atoms with E-state index in [0.29, 0.717) is 28.8 Å². The molecule has 7 nitrogen and oxygen atoms in total. The second kappa shape index (κ2) is 11.4. The summed E-state index contributed by atoms with van der Waals surface area (Å²) in [6.07, 6.45) is 3.58. The SMILES string of the molecule is Oc1ccccc1-c1nc2c(n1-c1ccccc1)Oc1cccc3c1B2c1[c-]c(-n2[c-][n+](-c4ccccc4)c4ccccc42)ccc1O3.[Pt+2]. The number of phenolic OH excluding ortho intramolecular Hbond substituents is 1. The normalized spacial score (nSPS) is 12.3. The second-order valence-corrected chi connectivity index (χ2v) is 11.8. The molecule has 2 aromatic heterocycles. The van der Waals surface area contributed by atoms with Crippen LogP contribution in [0.1, 0.15) is 0 Å². The number of nitrogens with zero attached hydrogens (tertiary/aromatic N) is 4. The van der Waals surface area contributed by atoms with Crippen molar-refractivity contribution < 1.29 is 40.2 Å². The number of aromatic nitrogens is 4. The zero-order chi connectivity index (χ0) is 31.8. The molecule has 0 amide bonds. The first kappa shape index (κ1) is 29.3. The van der Waals surface area contributed by atoms with Gasteiger partial charge in [0.15, 0.2) is 5.82 Å². The minimum absolute atomic E-state index is 0. The van der Waals surface area contributed by atoms with E-state index in [2.05, 4.69) is 41.2 Å². The van der Waals surface area contributed by atoms with Crippen molar-refractivity contribution in [2.75, 3.05) is 0 Å². The summed E-state index contributed by atoms with van der Waals surface area (Å²) in [7, 11) is 0. The molecule has 0 spiro atoms. The van der Waals surface area contributed by atoms with Crippen LogP contribution in [-0.4, -0.2) is 25.9 Å². The molecule has 234 valence electrons. The molecule has 2 aliphatic heterocycles. The molecule has 0 radical (unpaired) electrons. The third-order valence-corrected chi connectivity index (χ3v) is 9.06. The fourth-order valence-corrected chi connectivity index (χ4v) is 6.92. The summed E-state index contributed by atoms with van der Waals surface area (Å²) in [6, 6.07) is 49.3. The number of hydrogen-bond acceptors (Lipinski definition) is 4. The van der Waals surface area contributed by atoms with Crippen molar-refractivity contribution in [1.82, 2.24) is 14.1 Å². The van der Waals surface area contributed by atoms with Gasteiger partial charge in [0.05, 0.1) is 33.6 Å². The van der Waals surface area contributed by atoms with Gasteiger partial charge in [-0.15, -0.1) is 11.5 Å². The molecule has 6 aromatic carbocycles. The Bertz CT molecular complexity index is 2550. The van der Waals surface area contributed by atoms with Gasteiger partial charge in [0, 0.05) is 11.2 Å². The molecule has 10 rings (SSSR count). The number of benzene rings is 6. The zero-order valence-electron chi connectivity index (χ0n) is 25.7. The molecular formula is C40H24BN4O3Pt+. The van der Waals surface area contributed by atoms with E-state index in [4.69, 9.17) is 14.5 Å². The van der Waals surface area contributed by atoms with Crippen molar-refractivity contribution in [1.29, 1.82) is 0 Å². The van der Waals surface area contributed by atoms with Crippen LogP contribution in [0.2, 0.25) is 0 Å². The van der Waals surface area contributed by atoms with Gasteiger partial charge < -0.3 is 19.1 Å². The van der Waals surface area contributed by atoms with Crippen molar-refractivity contribution in [2.24, 2.45) is 0 Å². The predicted octanol–water partition coefficient (Wildman–Crippen LogP) is 5.79. The van der Waals surface area contributed by atoms with Gasteiger partial charge in [0.1, 0.15) is 17.2 Å². The molecule has 9 heteroatoms. The molecule has 0 bridgehead atoms. The fourth-order valence-electron chi connectivity index (χ4n) is 6.92. The molecule has 2 aliphatic rings. The van der Waals surface area contributed by atoms with Crippen LogP contribution in [0.5, 0.6) is 28.9 Å². The number of hydrogen-bond donors (Lipinski definition) is 1. The molecule has 0 unspecified atom stereocenters. The van der Waals surface area contributed by atoms with Crippen LogP contribution in [0.15, 0.2) is 140 Å². The quantitative estimate of drug-likeness (QED) is 0.139. The first-order valence-electron chi connectivity index (χ1n) is 15.7. The maximum Gasteiger partial charge on any atom is 2.00 e. The summed E-state index contributed by atoms with van der Waals surface area (Å²) in [5, 5.41) is 11.0. The number of para-hydroxylation sites is 5. The topological polar surface area (TPSA) is 65.3 Å². The summed E-state index contributed by atoms with van der Waals surface area (Å²) < 4.78 is 19.3. The predicted molar refractivity (Wildman–Crippen MR) is 184 cm³/mol. The fraction of sp³-hybridized carbons (Fsp3) is 0. The van der Waals surface area contributed by atoms with Crippen LogP contribution in [0, 0.1) is 12.4 Å². The molecule has 0 saturated heterocycles. The molecule has 4 heterocycles. The maximum atomic E-state index is 11.0. The van der Waals surface area contributed by atoms with E-state index in [1.165, 1.54) is 0 Å². The summed E-state index contributed by atoms with van der Waals surface area (Å²) in [6.45, 7) is -0.346. The van der Waals surface area contributed by atoms with Crippen molar-refractivity contribution in [3.05, 3.63) is 152 Å². The van der Waals surface area contributed by atoms with E-state index in [1.807, 2.05) is 118 Å². The van der Waals surface area contributed by atoms with E-state index in [9.17, 15) is 5.11 Å². The van der Waals surface area contributed by atoms with Crippen molar-refractivity contribution in [3.63, 3.8) is 0 Å². The van der Waals surface area contributed by atoms with Crippen LogP contribution in [0.3, 0.4) is 0 Å². The number of ether oxygens (including phenoxy) is 2. The van der Waals surface area contributed by atoms with Crippen LogP contribution < -0.4 is 30.6 Å². The molecule has 1 N–H and O–H groups in total. The van der Waals surface area contributed by atoms with E-state index in [1.54, 1.807) is 6.07 Å². The third kappa shape index (κ3) is 4.48. The number of fused-ring (bicyclic) bond motifs is 5. The summed E-state index contributed by atoms with van der Waals surface area (Å²) in [4.78, 5) is 5.26. The van der Waals surface area contributed by atoms with Gasteiger partial charge in [0.2, 0.25) is 5.88 Å². The van der Waals surface area contributed by atoms with E-state index < -0.39 is 0 Å². The van der Waals surface area contributed by atoms with Crippen molar-refractivity contribution >= 4 is 34.3 Å². The summed E-state index contributed by atoms with van der Waals surface area (Å²) in [5.74, 6) is 3.41. The van der Waals surface area contributed by atoms with Crippen LogP contribution >= 0.6 is 0 Å². The summed E-state index contributed by atoms with van der Waals surface area (Å²) >= 11 is 0. The maximum absolute atomic E-state index is 11.0. The molecular weight excluding hydrogens is 790 g/mol. The molecule has 49 heavy (non-hydrogen) atoms. The van der Waals surface area contributed by atoms with E-state index >= 15 is 0 Å². The molecule has 0 aliphatic carbocycles. The average Bonchev–Trinajstić information content (AvgIpc) is 3.72. The summed E-state index contributed by atoms with van der Waals surface area (Å²) in [5.41, 5.74) is 7.80. The molecule has 0 saturated carbocycles. The third-order valence-electron chi connectivity index (χ3n) is 9.06. The van der Waals surface area contributed by atoms with Gasteiger partial charge in [-0.2, -0.15) is 12.1 Å². The standard InChI is InChI=1S/C40H24BN4O3.Pt/c46-33-19-10-7-16-29(33)39-42-38-40(45(39)27-14-5-2-6-15-27)48-36-21-11-20-35-37(36)41(38)30-24-28(22-23-34(30)47-35)44-25-43(26-12-3-1-4-13-26)31-17-8-9-18-32(31)44;/h1-23,46H;/q-1;+2. The zero-order valence-corrected chi connectivity index (χ0v) is 28.0. The first-order chi connectivity index (χ1) is 23.7. The Morgan fingerprint density at radius 2 is 1.41 bits per heavy atom. The van der Waals surface area contributed by atoms with Crippen LogP contribution in [-0.2, 0) is 21.1 Å². The minimum atomic E-state index is -0.346. The first-order valence-corrected chi connectivity index (χ1v) is 15.7. The number of aromatic hydroxyl groups is 1. The Hall–Kier alpha value is -5.85. The minimum Gasteiger partial charge on any atom is -0.518 e. The van der Waals surface area contributed by atoms with Gasteiger partial charge in [-0.25, -0.2) is 4.98 Å². The second-order valence-electron chi connectivity index (χ2n) is 11.8.